The quantitative estimate of drug-likeness (QED) is 0.907. The highest BCUT2D eigenvalue weighted by molar-refractivity contribution is 5.88. The average molecular weight is 282 g/mol. The number of hydrogen-bond donors (Lipinski definition) is 1. The topological polar surface area (TPSA) is 91.8 Å². The van der Waals surface area contributed by atoms with Crippen LogP contribution in [0.5, 0.6) is 0 Å². The van der Waals surface area contributed by atoms with Crippen LogP contribution in [-0.2, 0) is 6.18 Å². The molecule has 1 heterocycles. The second kappa shape index (κ2) is 4.65. The van der Waals surface area contributed by atoms with Gasteiger partial charge in [-0.15, -0.1) is 5.10 Å². The van der Waals surface area contributed by atoms with Crippen LogP contribution in [0.2, 0.25) is 0 Å². The third-order valence-corrected chi connectivity index (χ3v) is 2.38. The molecule has 0 unspecified atom stereocenters. The van der Waals surface area contributed by atoms with E-state index in [-0.39, 0.29) is 11.3 Å². The zero-order chi connectivity index (χ0) is 14.9. The Labute approximate surface area is 109 Å². The number of carbonyl (C=O) groups is 1. The fourth-order valence-corrected chi connectivity index (χ4v) is 1.56. The van der Waals surface area contributed by atoms with Crippen molar-refractivity contribution in [2.75, 3.05) is 0 Å². The molecule has 102 valence electrons. The largest absolute Gasteiger partial charge is 0.478 e. The molecular formula is C11H5F3N4O2. The van der Waals surface area contributed by atoms with Crippen molar-refractivity contribution in [3.05, 3.63) is 41.2 Å². The first-order chi connectivity index (χ1) is 9.34. The lowest BCUT2D eigenvalue weighted by molar-refractivity contribution is -0.143. The van der Waals surface area contributed by atoms with Crippen molar-refractivity contribution in [2.45, 2.75) is 6.18 Å². The first-order valence-corrected chi connectivity index (χ1v) is 5.11. The molecule has 1 aromatic heterocycles. The van der Waals surface area contributed by atoms with Crippen molar-refractivity contribution in [1.82, 2.24) is 15.0 Å². The van der Waals surface area contributed by atoms with E-state index < -0.39 is 23.5 Å². The van der Waals surface area contributed by atoms with Crippen LogP contribution >= 0.6 is 0 Å². The smallest absolute Gasteiger partial charge is 0.436 e. The lowest BCUT2D eigenvalue weighted by Gasteiger charge is -2.09. The Bertz CT molecular complexity index is 715. The lowest BCUT2D eigenvalue weighted by atomic mass is 10.2. The van der Waals surface area contributed by atoms with E-state index in [9.17, 15) is 18.0 Å². The second-order valence-corrected chi connectivity index (χ2v) is 3.66. The van der Waals surface area contributed by atoms with Crippen molar-refractivity contribution >= 4 is 5.97 Å². The minimum absolute atomic E-state index is 0.147. The van der Waals surface area contributed by atoms with Crippen LogP contribution in [0.3, 0.4) is 0 Å². The molecule has 9 heteroatoms. The molecule has 0 saturated heterocycles. The summed E-state index contributed by atoms with van der Waals surface area (Å²) in [5.74, 6) is -1.29. The van der Waals surface area contributed by atoms with Gasteiger partial charge >= 0.3 is 12.1 Å². The highest BCUT2D eigenvalue weighted by Crippen LogP contribution is 2.32. The number of nitriles is 1. The van der Waals surface area contributed by atoms with Gasteiger partial charge in [0.2, 0.25) is 0 Å². The number of carboxylic acids is 1. The summed E-state index contributed by atoms with van der Waals surface area (Å²) in [6, 6.07) is 6.03. The van der Waals surface area contributed by atoms with E-state index in [1.54, 1.807) is 0 Å². The Morgan fingerprint density at radius 3 is 2.65 bits per heavy atom. The van der Waals surface area contributed by atoms with Crippen molar-refractivity contribution < 1.29 is 23.1 Å². The van der Waals surface area contributed by atoms with Crippen molar-refractivity contribution in [3.63, 3.8) is 0 Å². The highest BCUT2D eigenvalue weighted by Gasteiger charge is 2.40. The van der Waals surface area contributed by atoms with E-state index in [2.05, 4.69) is 10.3 Å². The van der Waals surface area contributed by atoms with Gasteiger partial charge in [-0.3, -0.25) is 0 Å². The van der Waals surface area contributed by atoms with Gasteiger partial charge in [0.05, 0.1) is 11.3 Å². The fraction of sp³-hybridized carbons (Fsp3) is 0.0909. The zero-order valence-corrected chi connectivity index (χ0v) is 9.59. The summed E-state index contributed by atoms with van der Waals surface area (Å²) in [4.78, 5) is 10.8. The Hall–Kier alpha value is -2.89. The predicted molar refractivity (Wildman–Crippen MR) is 58.0 cm³/mol. The van der Waals surface area contributed by atoms with Crippen LogP contribution in [0.15, 0.2) is 24.3 Å². The molecule has 0 spiro atoms. The molecular weight excluding hydrogens is 277 g/mol. The summed E-state index contributed by atoms with van der Waals surface area (Å²) in [7, 11) is 0. The number of rotatable bonds is 2. The van der Waals surface area contributed by atoms with E-state index in [1.807, 2.05) is 0 Å². The summed E-state index contributed by atoms with van der Waals surface area (Å²) in [5.41, 5.74) is -2.57. The van der Waals surface area contributed by atoms with E-state index in [0.717, 1.165) is 6.07 Å². The van der Waals surface area contributed by atoms with Gasteiger partial charge in [0.1, 0.15) is 6.07 Å². The predicted octanol–water partition coefficient (Wildman–Crippen LogP) is 1.86. The number of carboxylic acid groups (broad SMARTS) is 1. The Kier molecular flexibility index (Phi) is 3.15. The third-order valence-electron chi connectivity index (χ3n) is 2.38. The van der Waals surface area contributed by atoms with Gasteiger partial charge in [0.25, 0.3) is 0 Å². The average Bonchev–Trinajstić information content (AvgIpc) is 2.82. The molecule has 0 aliphatic carbocycles. The summed E-state index contributed by atoms with van der Waals surface area (Å²) >= 11 is 0. The maximum atomic E-state index is 12.9. The number of alkyl halides is 3. The number of halogens is 3. The van der Waals surface area contributed by atoms with Gasteiger partial charge in [-0.1, -0.05) is 11.3 Å². The molecule has 0 amide bonds. The molecule has 1 N–H and O–H groups in total. The highest BCUT2D eigenvalue weighted by atomic mass is 19.4. The van der Waals surface area contributed by atoms with Crippen molar-refractivity contribution in [2.24, 2.45) is 0 Å². The van der Waals surface area contributed by atoms with Crippen LogP contribution < -0.4 is 0 Å². The van der Waals surface area contributed by atoms with Crippen molar-refractivity contribution in [3.8, 4) is 11.8 Å². The van der Waals surface area contributed by atoms with Gasteiger partial charge in [0.15, 0.2) is 11.4 Å². The van der Waals surface area contributed by atoms with E-state index in [4.69, 9.17) is 10.4 Å². The lowest BCUT2D eigenvalue weighted by Crippen LogP contribution is -2.15. The molecule has 1 aromatic carbocycles. The molecule has 0 aliphatic rings. The first kappa shape index (κ1) is 13.5. The van der Waals surface area contributed by atoms with E-state index in [1.165, 1.54) is 24.3 Å². The fourth-order valence-electron chi connectivity index (χ4n) is 1.56. The SMILES string of the molecule is N#Cc1nnn(-c2cccc(C(=O)O)c2)c1C(F)(F)F. The van der Waals surface area contributed by atoms with Crippen LogP contribution in [-0.4, -0.2) is 26.1 Å². The van der Waals surface area contributed by atoms with Gasteiger partial charge in [-0.05, 0) is 18.2 Å². The Morgan fingerprint density at radius 2 is 2.10 bits per heavy atom. The molecule has 0 saturated carbocycles. The van der Waals surface area contributed by atoms with Crippen LogP contribution in [0.25, 0.3) is 5.69 Å². The molecule has 0 atom stereocenters. The Morgan fingerprint density at radius 1 is 1.40 bits per heavy atom. The summed E-state index contributed by atoms with van der Waals surface area (Å²) in [5, 5.41) is 23.8. The number of aromatic carboxylic acids is 1. The third kappa shape index (κ3) is 2.31. The summed E-state index contributed by atoms with van der Waals surface area (Å²) < 4.78 is 39.1. The minimum Gasteiger partial charge on any atom is -0.478 e. The molecule has 20 heavy (non-hydrogen) atoms. The maximum Gasteiger partial charge on any atom is 0.436 e. The number of hydrogen-bond acceptors (Lipinski definition) is 4. The van der Waals surface area contributed by atoms with Gasteiger partial charge < -0.3 is 5.11 Å². The van der Waals surface area contributed by atoms with Gasteiger partial charge in [0, 0.05) is 0 Å². The molecule has 2 aromatic rings. The normalized spacial score (nSPS) is 11.1. The van der Waals surface area contributed by atoms with E-state index >= 15 is 0 Å². The Balaban J connectivity index is 2.65. The molecule has 0 fully saturated rings. The number of nitrogens with zero attached hydrogens (tertiary/aromatic N) is 4. The monoisotopic (exact) mass is 282 g/mol. The van der Waals surface area contributed by atoms with Crippen molar-refractivity contribution in [1.29, 1.82) is 5.26 Å². The summed E-state index contributed by atoms with van der Waals surface area (Å²) in [6.45, 7) is 0. The maximum absolute atomic E-state index is 12.9. The van der Waals surface area contributed by atoms with Gasteiger partial charge in [-0.2, -0.15) is 18.4 Å². The molecule has 0 radical (unpaired) electrons. The van der Waals surface area contributed by atoms with Crippen LogP contribution in [0.1, 0.15) is 21.7 Å². The van der Waals surface area contributed by atoms with Crippen LogP contribution in [0, 0.1) is 11.3 Å². The molecule has 6 nitrogen and oxygen atoms in total. The summed E-state index contributed by atoms with van der Waals surface area (Å²) in [6.07, 6.45) is -4.84. The first-order valence-electron chi connectivity index (χ1n) is 5.11. The number of aromatic nitrogens is 3. The zero-order valence-electron chi connectivity index (χ0n) is 9.59. The number of benzene rings is 1. The molecule has 2 rings (SSSR count). The standard InChI is InChI=1S/C11H5F3N4O2/c12-11(13,14)9-8(5-15)16-17-18(9)7-3-1-2-6(4-7)10(19)20/h1-4H,(H,19,20). The minimum atomic E-state index is -4.84. The van der Waals surface area contributed by atoms with E-state index in [0.29, 0.717) is 4.68 Å². The molecule has 0 aliphatic heterocycles. The second-order valence-electron chi connectivity index (χ2n) is 3.66. The van der Waals surface area contributed by atoms with Crippen LogP contribution in [0.4, 0.5) is 13.2 Å². The van der Waals surface area contributed by atoms with Gasteiger partial charge in [-0.25, -0.2) is 9.48 Å². The molecule has 0 bridgehead atoms.